The van der Waals surface area contributed by atoms with Crippen molar-refractivity contribution in [2.45, 2.75) is 38.1 Å². The molecular weight excluding hydrogens is 488 g/mol. The molecule has 188 valence electrons. The highest BCUT2D eigenvalue weighted by atomic mass is 35.5. The van der Waals surface area contributed by atoms with E-state index in [0.717, 1.165) is 16.7 Å². The Hall–Kier alpha value is -3.90. The van der Waals surface area contributed by atoms with E-state index in [0.29, 0.717) is 22.1 Å². The first kappa shape index (κ1) is 24.8. The third-order valence-corrected chi connectivity index (χ3v) is 7.40. The molecule has 1 aliphatic heterocycles. The molecule has 3 aromatic carbocycles. The third kappa shape index (κ3) is 4.89. The SMILES string of the molecule is Cc1ccc([C@H]2[C@H]3C(=O)C[C@H](c4ccccc4Cl)C=C3Nc3ccccc3N2C(=O)CCC(=O)[O-])cc1. The normalized spacial score (nSPS) is 20.7. The molecule has 1 N–H and O–H groups in total. The first-order chi connectivity index (χ1) is 17.8. The number of aliphatic carboxylic acids is 1. The summed E-state index contributed by atoms with van der Waals surface area (Å²) in [6.07, 6.45) is 1.64. The number of allylic oxidation sites excluding steroid dienone is 1. The van der Waals surface area contributed by atoms with Crippen LogP contribution >= 0.6 is 11.6 Å². The standard InChI is InChI=1S/C30H27ClN2O4/c1-18-10-12-19(13-11-18)30-29-24(16-20(17-26(29)34)21-6-2-3-7-22(21)31)32-23-8-4-5-9-25(23)33(30)27(35)14-15-28(36)37/h2-13,16,20,29-30,32H,14-15,17H2,1H3,(H,36,37)/p-1/t20-,29-,30+/m1/s1. The number of carbonyl (C=O) groups is 3. The summed E-state index contributed by atoms with van der Waals surface area (Å²) in [6, 6.07) is 21.9. The average Bonchev–Trinajstić information content (AvgIpc) is 3.02. The average molecular weight is 514 g/mol. The number of hydrogen-bond donors (Lipinski definition) is 1. The molecule has 1 heterocycles. The van der Waals surface area contributed by atoms with Gasteiger partial charge in [-0.2, -0.15) is 0 Å². The Morgan fingerprint density at radius 3 is 2.43 bits per heavy atom. The van der Waals surface area contributed by atoms with E-state index in [1.807, 2.05) is 85.8 Å². The predicted octanol–water partition coefficient (Wildman–Crippen LogP) is 4.94. The maximum atomic E-state index is 13.9. The largest absolute Gasteiger partial charge is 0.550 e. The molecule has 3 atom stereocenters. The molecule has 1 amide bonds. The molecule has 0 unspecified atom stereocenters. The first-order valence-corrected chi connectivity index (χ1v) is 12.6. The Labute approximate surface area is 220 Å². The van der Waals surface area contributed by atoms with Gasteiger partial charge in [-0.05, 0) is 42.7 Å². The van der Waals surface area contributed by atoms with Gasteiger partial charge in [0, 0.05) is 35.4 Å². The van der Waals surface area contributed by atoms with Crippen molar-refractivity contribution >= 4 is 40.6 Å². The molecule has 0 saturated carbocycles. The highest BCUT2D eigenvalue weighted by Gasteiger charge is 2.45. The summed E-state index contributed by atoms with van der Waals surface area (Å²) in [5, 5.41) is 15.2. The van der Waals surface area contributed by atoms with Crippen molar-refractivity contribution in [3.63, 3.8) is 0 Å². The number of halogens is 1. The zero-order valence-electron chi connectivity index (χ0n) is 20.3. The van der Waals surface area contributed by atoms with Crippen LogP contribution in [0.4, 0.5) is 11.4 Å². The van der Waals surface area contributed by atoms with Crippen LogP contribution in [-0.4, -0.2) is 17.7 Å². The number of benzene rings is 3. The number of amides is 1. The highest BCUT2D eigenvalue weighted by Crippen LogP contribution is 2.48. The lowest BCUT2D eigenvalue weighted by Gasteiger charge is -2.38. The van der Waals surface area contributed by atoms with Gasteiger partial charge in [0.05, 0.1) is 23.3 Å². The first-order valence-electron chi connectivity index (χ1n) is 12.3. The number of fused-ring (bicyclic) bond motifs is 2. The number of aryl methyl sites for hydroxylation is 1. The molecule has 3 aromatic rings. The van der Waals surface area contributed by atoms with E-state index in [1.165, 1.54) is 0 Å². The van der Waals surface area contributed by atoms with Gasteiger partial charge < -0.3 is 20.1 Å². The molecule has 0 saturated heterocycles. The number of hydrogen-bond acceptors (Lipinski definition) is 5. The zero-order chi connectivity index (χ0) is 26.1. The number of carboxylic acids is 1. The summed E-state index contributed by atoms with van der Waals surface area (Å²) in [5.41, 5.74) is 4.68. The van der Waals surface area contributed by atoms with E-state index in [4.69, 9.17) is 11.6 Å². The number of rotatable bonds is 5. The Morgan fingerprint density at radius 2 is 1.70 bits per heavy atom. The lowest BCUT2D eigenvalue weighted by Crippen LogP contribution is -2.43. The van der Waals surface area contributed by atoms with Crippen LogP contribution in [0.1, 0.15) is 47.9 Å². The summed E-state index contributed by atoms with van der Waals surface area (Å²) in [7, 11) is 0. The van der Waals surface area contributed by atoms with E-state index >= 15 is 0 Å². The number of nitrogens with zero attached hydrogens (tertiary/aromatic N) is 1. The molecule has 0 aromatic heterocycles. The van der Waals surface area contributed by atoms with E-state index in [2.05, 4.69) is 5.32 Å². The van der Waals surface area contributed by atoms with Crippen LogP contribution in [-0.2, 0) is 14.4 Å². The van der Waals surface area contributed by atoms with Gasteiger partial charge in [0.1, 0.15) is 5.78 Å². The fourth-order valence-electron chi connectivity index (χ4n) is 5.31. The van der Waals surface area contributed by atoms with Gasteiger partial charge in [0.25, 0.3) is 0 Å². The second-order valence-electron chi connectivity index (χ2n) is 9.53. The molecule has 1 aliphatic carbocycles. The van der Waals surface area contributed by atoms with Gasteiger partial charge in [0.2, 0.25) is 5.91 Å². The summed E-state index contributed by atoms with van der Waals surface area (Å²) < 4.78 is 0. The maximum Gasteiger partial charge on any atom is 0.228 e. The van der Waals surface area contributed by atoms with Gasteiger partial charge in [-0.1, -0.05) is 77.8 Å². The lowest BCUT2D eigenvalue weighted by molar-refractivity contribution is -0.305. The van der Waals surface area contributed by atoms with Crippen molar-refractivity contribution < 1.29 is 19.5 Å². The quantitative estimate of drug-likeness (QED) is 0.522. The lowest BCUT2D eigenvalue weighted by atomic mass is 9.76. The zero-order valence-corrected chi connectivity index (χ0v) is 21.1. The van der Waals surface area contributed by atoms with Crippen molar-refractivity contribution in [2.24, 2.45) is 5.92 Å². The fourth-order valence-corrected chi connectivity index (χ4v) is 5.58. The Kier molecular flexibility index (Phi) is 6.85. The number of ketones is 1. The van der Waals surface area contributed by atoms with Crippen molar-refractivity contribution in [2.75, 3.05) is 10.2 Å². The molecule has 0 radical (unpaired) electrons. The molecule has 0 bridgehead atoms. The fraction of sp³-hybridized carbons (Fsp3) is 0.233. The minimum Gasteiger partial charge on any atom is -0.550 e. The number of Topliss-reactive ketones (excluding diaryl/α,β-unsaturated/α-hetero) is 1. The van der Waals surface area contributed by atoms with E-state index in [-0.39, 0.29) is 30.4 Å². The van der Waals surface area contributed by atoms with Gasteiger partial charge >= 0.3 is 0 Å². The van der Waals surface area contributed by atoms with Crippen molar-refractivity contribution in [1.82, 2.24) is 0 Å². The van der Waals surface area contributed by atoms with Gasteiger partial charge in [0.15, 0.2) is 0 Å². The number of carboxylic acid groups (broad SMARTS) is 1. The third-order valence-electron chi connectivity index (χ3n) is 7.06. The van der Waals surface area contributed by atoms with Crippen LogP contribution in [0.25, 0.3) is 0 Å². The Balaban J connectivity index is 1.69. The van der Waals surface area contributed by atoms with Crippen LogP contribution < -0.4 is 15.3 Å². The smallest absolute Gasteiger partial charge is 0.228 e. The van der Waals surface area contributed by atoms with Crippen LogP contribution in [0.15, 0.2) is 84.6 Å². The van der Waals surface area contributed by atoms with E-state index < -0.39 is 24.3 Å². The molecule has 6 nitrogen and oxygen atoms in total. The monoisotopic (exact) mass is 513 g/mol. The number of carbonyl (C=O) groups excluding carboxylic acids is 3. The number of para-hydroxylation sites is 2. The molecule has 0 fully saturated rings. The highest BCUT2D eigenvalue weighted by molar-refractivity contribution is 6.31. The molecule has 5 rings (SSSR count). The summed E-state index contributed by atoms with van der Waals surface area (Å²) in [6.45, 7) is 1.97. The molecular formula is C30H26ClN2O4-. The Bertz CT molecular complexity index is 1400. The molecule has 37 heavy (non-hydrogen) atoms. The van der Waals surface area contributed by atoms with Gasteiger partial charge in [-0.25, -0.2) is 0 Å². The van der Waals surface area contributed by atoms with Crippen LogP contribution in [0.2, 0.25) is 5.02 Å². The second kappa shape index (κ2) is 10.2. The van der Waals surface area contributed by atoms with Crippen molar-refractivity contribution in [3.8, 4) is 0 Å². The van der Waals surface area contributed by atoms with Crippen LogP contribution in [0.5, 0.6) is 0 Å². The topological polar surface area (TPSA) is 89.5 Å². The molecule has 7 heteroatoms. The molecule has 0 spiro atoms. The van der Waals surface area contributed by atoms with Crippen molar-refractivity contribution in [3.05, 3.63) is 106 Å². The van der Waals surface area contributed by atoms with Crippen molar-refractivity contribution in [1.29, 1.82) is 0 Å². The van der Waals surface area contributed by atoms with Gasteiger partial charge in [-0.3, -0.25) is 9.59 Å². The van der Waals surface area contributed by atoms with Gasteiger partial charge in [-0.15, -0.1) is 0 Å². The predicted molar refractivity (Wildman–Crippen MR) is 141 cm³/mol. The van der Waals surface area contributed by atoms with E-state index in [1.54, 1.807) is 4.90 Å². The minimum atomic E-state index is -1.29. The molecule has 2 aliphatic rings. The number of anilines is 2. The summed E-state index contributed by atoms with van der Waals surface area (Å²) >= 11 is 6.49. The number of nitrogens with one attached hydrogen (secondary N) is 1. The second-order valence-corrected chi connectivity index (χ2v) is 9.94. The summed E-state index contributed by atoms with van der Waals surface area (Å²) in [4.78, 5) is 40.4. The van der Waals surface area contributed by atoms with Crippen LogP contribution in [0.3, 0.4) is 0 Å². The maximum absolute atomic E-state index is 13.9. The van der Waals surface area contributed by atoms with Crippen LogP contribution in [0, 0.1) is 12.8 Å². The van der Waals surface area contributed by atoms with E-state index in [9.17, 15) is 19.5 Å². The minimum absolute atomic E-state index is 0.0222. The Morgan fingerprint density at radius 1 is 1.00 bits per heavy atom. The summed E-state index contributed by atoms with van der Waals surface area (Å²) in [5.74, 6) is -2.58.